The van der Waals surface area contributed by atoms with Crippen molar-refractivity contribution in [3.05, 3.63) is 48.1 Å². The molecule has 1 heterocycles. The third kappa shape index (κ3) is 1.48. The van der Waals surface area contributed by atoms with Gasteiger partial charge in [0.1, 0.15) is 12.4 Å². The Morgan fingerprint density at radius 1 is 1.20 bits per heavy atom. The maximum absolute atomic E-state index is 5.61. The molecule has 0 aromatic heterocycles. The third-order valence-corrected chi connectivity index (χ3v) is 3.15. The first-order valence-corrected chi connectivity index (χ1v) is 5.54. The van der Waals surface area contributed by atoms with Crippen LogP contribution in [0.4, 0.5) is 0 Å². The van der Waals surface area contributed by atoms with Gasteiger partial charge in [-0.2, -0.15) is 0 Å². The topological polar surface area (TPSA) is 9.23 Å². The van der Waals surface area contributed by atoms with Gasteiger partial charge in [-0.05, 0) is 30.6 Å². The van der Waals surface area contributed by atoms with E-state index >= 15 is 0 Å². The van der Waals surface area contributed by atoms with Gasteiger partial charge in [0.2, 0.25) is 0 Å². The minimum Gasteiger partial charge on any atom is -0.489 e. The van der Waals surface area contributed by atoms with Crippen molar-refractivity contribution in [3.63, 3.8) is 0 Å². The third-order valence-electron chi connectivity index (χ3n) is 3.15. The molecule has 0 radical (unpaired) electrons. The van der Waals surface area contributed by atoms with Gasteiger partial charge in [-0.15, -0.1) is 0 Å². The molecular weight excluding hydrogens is 184 g/mol. The lowest BCUT2D eigenvalue weighted by Gasteiger charge is -2.21. The average molecular weight is 198 g/mol. The fourth-order valence-electron chi connectivity index (χ4n) is 2.40. The molecule has 1 aromatic rings. The summed E-state index contributed by atoms with van der Waals surface area (Å²) in [7, 11) is 0. The number of fused-ring (bicyclic) bond motifs is 1. The molecule has 2 aliphatic rings. The van der Waals surface area contributed by atoms with E-state index in [-0.39, 0.29) is 0 Å². The largest absolute Gasteiger partial charge is 0.489 e. The number of rotatable bonds is 1. The van der Waals surface area contributed by atoms with Crippen LogP contribution in [0, 0.1) is 5.92 Å². The van der Waals surface area contributed by atoms with Gasteiger partial charge in [0.25, 0.3) is 0 Å². The van der Waals surface area contributed by atoms with Crippen LogP contribution in [0.5, 0.6) is 5.75 Å². The smallest absolute Gasteiger partial charge is 0.127 e. The predicted octanol–water partition coefficient (Wildman–Crippen LogP) is 3.43. The van der Waals surface area contributed by atoms with E-state index in [9.17, 15) is 0 Å². The Hall–Kier alpha value is -1.50. The van der Waals surface area contributed by atoms with Crippen molar-refractivity contribution in [2.45, 2.75) is 12.8 Å². The van der Waals surface area contributed by atoms with Gasteiger partial charge in [-0.25, -0.2) is 0 Å². The molecule has 0 saturated heterocycles. The van der Waals surface area contributed by atoms with Crippen molar-refractivity contribution in [1.82, 2.24) is 0 Å². The normalized spacial score (nSPS) is 23.2. The number of benzene rings is 1. The summed E-state index contributed by atoms with van der Waals surface area (Å²) in [4.78, 5) is 0. The van der Waals surface area contributed by atoms with Crippen molar-refractivity contribution >= 4 is 5.57 Å². The number of allylic oxidation sites excluding steroid dienone is 3. The molecule has 0 spiro atoms. The molecule has 1 aromatic carbocycles. The summed E-state index contributed by atoms with van der Waals surface area (Å²) < 4.78 is 5.61. The lowest BCUT2D eigenvalue weighted by Crippen LogP contribution is -2.08. The highest BCUT2D eigenvalue weighted by Gasteiger charge is 2.21. The number of para-hydroxylation sites is 1. The molecule has 0 fully saturated rings. The Kier molecular flexibility index (Phi) is 2.09. The summed E-state index contributed by atoms with van der Waals surface area (Å²) in [6.07, 6.45) is 9.30. The van der Waals surface area contributed by atoms with Gasteiger partial charge in [0.05, 0.1) is 0 Å². The first-order valence-electron chi connectivity index (χ1n) is 5.54. The molecule has 3 rings (SSSR count). The Morgan fingerprint density at radius 3 is 3.00 bits per heavy atom. The van der Waals surface area contributed by atoms with Crippen molar-refractivity contribution < 1.29 is 4.74 Å². The molecule has 0 amide bonds. The lowest BCUT2D eigenvalue weighted by atomic mass is 9.90. The van der Waals surface area contributed by atoms with E-state index in [1.165, 1.54) is 24.0 Å². The van der Waals surface area contributed by atoms with Gasteiger partial charge in [0.15, 0.2) is 0 Å². The quantitative estimate of drug-likeness (QED) is 0.628. The van der Waals surface area contributed by atoms with Gasteiger partial charge in [-0.1, -0.05) is 30.4 Å². The Morgan fingerprint density at radius 2 is 2.13 bits per heavy atom. The highest BCUT2D eigenvalue weighted by atomic mass is 16.5. The highest BCUT2D eigenvalue weighted by molar-refractivity contribution is 5.75. The molecule has 15 heavy (non-hydrogen) atoms. The average Bonchev–Trinajstić information content (AvgIpc) is 2.82. The van der Waals surface area contributed by atoms with Crippen molar-refractivity contribution in [2.75, 3.05) is 6.61 Å². The lowest BCUT2D eigenvalue weighted by molar-refractivity contribution is 0.356. The summed E-state index contributed by atoms with van der Waals surface area (Å²) in [5, 5.41) is 0. The zero-order chi connectivity index (χ0) is 10.1. The molecule has 76 valence electrons. The second-order valence-electron chi connectivity index (χ2n) is 4.08. The SMILES string of the molecule is C1=C[C@@H](C2=CCOc3ccccc32)CC1. The summed E-state index contributed by atoms with van der Waals surface area (Å²) in [6, 6.07) is 8.33. The van der Waals surface area contributed by atoms with Crippen LogP contribution in [0.1, 0.15) is 18.4 Å². The van der Waals surface area contributed by atoms with Gasteiger partial charge < -0.3 is 4.74 Å². The standard InChI is InChI=1S/C14H14O/c1-2-6-11(5-1)12-9-10-15-14-8-4-3-7-13(12)14/h1,3-5,7-9,11H,2,6,10H2/t11-/m1/s1. The zero-order valence-electron chi connectivity index (χ0n) is 8.65. The molecule has 0 bridgehead atoms. The molecule has 0 saturated carbocycles. The van der Waals surface area contributed by atoms with E-state index in [4.69, 9.17) is 4.74 Å². The van der Waals surface area contributed by atoms with Gasteiger partial charge in [-0.3, -0.25) is 0 Å². The Bertz CT molecular complexity index is 429. The maximum atomic E-state index is 5.61. The Labute approximate surface area is 90.1 Å². The second kappa shape index (κ2) is 3.58. The van der Waals surface area contributed by atoms with E-state index in [0.717, 1.165) is 12.4 Å². The van der Waals surface area contributed by atoms with E-state index in [2.05, 4.69) is 36.4 Å². The minimum absolute atomic E-state index is 0.607. The summed E-state index contributed by atoms with van der Waals surface area (Å²) in [5.41, 5.74) is 2.73. The van der Waals surface area contributed by atoms with Gasteiger partial charge >= 0.3 is 0 Å². The van der Waals surface area contributed by atoms with Crippen molar-refractivity contribution in [2.24, 2.45) is 5.92 Å². The van der Waals surface area contributed by atoms with Crippen LogP contribution < -0.4 is 4.74 Å². The van der Waals surface area contributed by atoms with E-state index < -0.39 is 0 Å². The van der Waals surface area contributed by atoms with Crippen LogP contribution in [0.15, 0.2) is 42.5 Å². The molecule has 1 nitrogen and oxygen atoms in total. The second-order valence-corrected chi connectivity index (χ2v) is 4.08. The van der Waals surface area contributed by atoms with Crippen LogP contribution in [0.3, 0.4) is 0 Å². The summed E-state index contributed by atoms with van der Waals surface area (Å²) >= 11 is 0. The van der Waals surface area contributed by atoms with Crippen molar-refractivity contribution in [1.29, 1.82) is 0 Å². The van der Waals surface area contributed by atoms with Crippen LogP contribution in [-0.2, 0) is 0 Å². The predicted molar refractivity (Wildman–Crippen MR) is 61.8 cm³/mol. The summed E-state index contributed by atoms with van der Waals surface area (Å²) in [6.45, 7) is 0.719. The molecule has 0 N–H and O–H groups in total. The van der Waals surface area contributed by atoms with Gasteiger partial charge in [0, 0.05) is 11.5 Å². The fourth-order valence-corrected chi connectivity index (χ4v) is 2.40. The van der Waals surface area contributed by atoms with Crippen LogP contribution >= 0.6 is 0 Å². The first-order chi connectivity index (χ1) is 7.45. The Balaban J connectivity index is 2.02. The fraction of sp³-hybridized carbons (Fsp3) is 0.286. The number of hydrogen-bond acceptors (Lipinski definition) is 1. The number of hydrogen-bond donors (Lipinski definition) is 0. The summed E-state index contributed by atoms with van der Waals surface area (Å²) in [5.74, 6) is 1.64. The minimum atomic E-state index is 0.607. The van der Waals surface area contributed by atoms with Crippen LogP contribution in [-0.4, -0.2) is 6.61 Å². The molecule has 0 unspecified atom stereocenters. The molecule has 1 aliphatic heterocycles. The van der Waals surface area contributed by atoms with Crippen molar-refractivity contribution in [3.8, 4) is 5.75 Å². The maximum Gasteiger partial charge on any atom is 0.127 e. The van der Waals surface area contributed by atoms with Crippen LogP contribution in [0.25, 0.3) is 5.57 Å². The van der Waals surface area contributed by atoms with E-state index in [1.54, 1.807) is 0 Å². The molecule has 1 heteroatoms. The number of ether oxygens (including phenoxy) is 1. The van der Waals surface area contributed by atoms with Crippen LogP contribution in [0.2, 0.25) is 0 Å². The molecular formula is C14H14O. The first kappa shape index (κ1) is 8.78. The zero-order valence-corrected chi connectivity index (χ0v) is 8.65. The molecule has 1 atom stereocenters. The van der Waals surface area contributed by atoms with E-state index in [1.807, 2.05) is 6.07 Å². The monoisotopic (exact) mass is 198 g/mol. The highest BCUT2D eigenvalue weighted by Crippen LogP contribution is 2.38. The van der Waals surface area contributed by atoms with E-state index in [0.29, 0.717) is 5.92 Å². The molecule has 1 aliphatic carbocycles.